The lowest BCUT2D eigenvalue weighted by atomic mass is 10.2. The Morgan fingerprint density at radius 3 is 2.92 bits per heavy atom. The van der Waals surface area contributed by atoms with E-state index < -0.39 is 0 Å². The smallest absolute Gasteiger partial charge is 0.0620 e. The van der Waals surface area contributed by atoms with Crippen molar-refractivity contribution in [3.63, 3.8) is 0 Å². The number of rotatable bonds is 6. The summed E-state index contributed by atoms with van der Waals surface area (Å²) in [5, 5.41) is 12.0. The summed E-state index contributed by atoms with van der Waals surface area (Å²) in [6, 6.07) is 0.583. The number of aliphatic hydroxyl groups excluding tert-OH is 1. The average Bonchev–Trinajstić information content (AvgIpc) is 2.57. The Morgan fingerprint density at radius 2 is 2.25 bits per heavy atom. The van der Waals surface area contributed by atoms with Crippen molar-refractivity contribution in [3.05, 3.63) is 0 Å². The van der Waals surface area contributed by atoms with Crippen molar-refractivity contribution in [1.29, 1.82) is 0 Å². The topological polar surface area (TPSA) is 41.5 Å². The van der Waals surface area contributed by atoms with Crippen LogP contribution in [-0.2, 0) is 4.74 Å². The SMILES string of the molecule is OCCCCCNC1CCOC1. The van der Waals surface area contributed by atoms with Crippen LogP contribution in [0.3, 0.4) is 0 Å². The molecule has 1 rings (SSSR count). The molecule has 0 saturated carbocycles. The standard InChI is InChI=1S/C9H19NO2/c11-6-3-1-2-5-10-9-4-7-12-8-9/h9-11H,1-8H2. The highest BCUT2D eigenvalue weighted by Gasteiger charge is 2.13. The number of ether oxygens (including phenoxy) is 1. The third-order valence-electron chi connectivity index (χ3n) is 2.20. The van der Waals surface area contributed by atoms with Crippen LogP contribution in [0.1, 0.15) is 25.7 Å². The molecule has 3 heteroatoms. The number of unbranched alkanes of at least 4 members (excludes halogenated alkanes) is 2. The highest BCUT2D eigenvalue weighted by molar-refractivity contribution is 4.70. The fraction of sp³-hybridized carbons (Fsp3) is 1.00. The first-order valence-electron chi connectivity index (χ1n) is 4.85. The van der Waals surface area contributed by atoms with E-state index in [0.29, 0.717) is 12.6 Å². The molecule has 1 atom stereocenters. The van der Waals surface area contributed by atoms with Gasteiger partial charge in [-0.25, -0.2) is 0 Å². The normalized spacial score (nSPS) is 23.2. The van der Waals surface area contributed by atoms with E-state index in [1.165, 1.54) is 0 Å². The lowest BCUT2D eigenvalue weighted by Gasteiger charge is -2.09. The maximum absolute atomic E-state index is 8.54. The van der Waals surface area contributed by atoms with E-state index in [0.717, 1.165) is 45.4 Å². The molecule has 0 aromatic carbocycles. The van der Waals surface area contributed by atoms with Gasteiger partial charge in [0, 0.05) is 19.3 Å². The Morgan fingerprint density at radius 1 is 1.33 bits per heavy atom. The lowest BCUT2D eigenvalue weighted by Crippen LogP contribution is -2.29. The molecule has 0 aromatic heterocycles. The van der Waals surface area contributed by atoms with Crippen molar-refractivity contribution in [2.24, 2.45) is 0 Å². The molecule has 0 aliphatic carbocycles. The minimum absolute atomic E-state index is 0.326. The molecule has 3 nitrogen and oxygen atoms in total. The van der Waals surface area contributed by atoms with Crippen molar-refractivity contribution in [3.8, 4) is 0 Å². The van der Waals surface area contributed by atoms with Crippen LogP contribution in [0, 0.1) is 0 Å². The number of hydrogen-bond acceptors (Lipinski definition) is 3. The fourth-order valence-corrected chi connectivity index (χ4v) is 1.42. The molecule has 1 saturated heterocycles. The van der Waals surface area contributed by atoms with Gasteiger partial charge in [0.15, 0.2) is 0 Å². The number of nitrogens with one attached hydrogen (secondary N) is 1. The monoisotopic (exact) mass is 173 g/mol. The maximum Gasteiger partial charge on any atom is 0.0620 e. The molecule has 0 spiro atoms. The van der Waals surface area contributed by atoms with Gasteiger partial charge in [0.25, 0.3) is 0 Å². The van der Waals surface area contributed by atoms with Crippen LogP contribution >= 0.6 is 0 Å². The Kier molecular flexibility index (Phi) is 5.32. The summed E-state index contributed by atoms with van der Waals surface area (Å²) in [7, 11) is 0. The summed E-state index contributed by atoms with van der Waals surface area (Å²) in [6.07, 6.45) is 4.37. The fourth-order valence-electron chi connectivity index (χ4n) is 1.42. The van der Waals surface area contributed by atoms with Gasteiger partial charge in [-0.15, -0.1) is 0 Å². The molecule has 0 aromatic rings. The minimum atomic E-state index is 0.326. The Balaban J connectivity index is 1.81. The molecule has 1 fully saturated rings. The molecule has 12 heavy (non-hydrogen) atoms. The Labute approximate surface area is 74.1 Å². The van der Waals surface area contributed by atoms with Gasteiger partial charge >= 0.3 is 0 Å². The molecule has 1 aliphatic rings. The molecular weight excluding hydrogens is 154 g/mol. The Bertz CT molecular complexity index is 103. The number of aliphatic hydroxyl groups is 1. The Hall–Kier alpha value is -0.120. The third-order valence-corrected chi connectivity index (χ3v) is 2.20. The van der Waals surface area contributed by atoms with E-state index >= 15 is 0 Å². The van der Waals surface area contributed by atoms with Crippen molar-refractivity contribution in [2.75, 3.05) is 26.4 Å². The van der Waals surface area contributed by atoms with Crippen molar-refractivity contribution < 1.29 is 9.84 Å². The van der Waals surface area contributed by atoms with Crippen LogP contribution in [0.2, 0.25) is 0 Å². The molecule has 1 unspecified atom stereocenters. The first-order valence-corrected chi connectivity index (χ1v) is 4.85. The van der Waals surface area contributed by atoms with Gasteiger partial charge in [-0.1, -0.05) is 0 Å². The summed E-state index contributed by atoms with van der Waals surface area (Å²) < 4.78 is 5.23. The van der Waals surface area contributed by atoms with Crippen molar-refractivity contribution in [1.82, 2.24) is 5.32 Å². The summed E-state index contributed by atoms with van der Waals surface area (Å²) in [6.45, 7) is 3.18. The quantitative estimate of drug-likeness (QED) is 0.576. The summed E-state index contributed by atoms with van der Waals surface area (Å²) >= 11 is 0. The van der Waals surface area contributed by atoms with Crippen molar-refractivity contribution >= 4 is 0 Å². The van der Waals surface area contributed by atoms with Gasteiger partial charge in [0.05, 0.1) is 6.61 Å². The second-order valence-corrected chi connectivity index (χ2v) is 3.30. The van der Waals surface area contributed by atoms with Gasteiger partial charge in [-0.3, -0.25) is 0 Å². The van der Waals surface area contributed by atoms with E-state index in [9.17, 15) is 0 Å². The highest BCUT2D eigenvalue weighted by atomic mass is 16.5. The van der Waals surface area contributed by atoms with Crippen LogP contribution in [-0.4, -0.2) is 37.5 Å². The summed E-state index contributed by atoms with van der Waals surface area (Å²) in [4.78, 5) is 0. The largest absolute Gasteiger partial charge is 0.396 e. The van der Waals surface area contributed by atoms with Crippen LogP contribution in [0.15, 0.2) is 0 Å². The van der Waals surface area contributed by atoms with Gasteiger partial charge in [0.2, 0.25) is 0 Å². The number of hydrogen-bond donors (Lipinski definition) is 2. The van der Waals surface area contributed by atoms with Gasteiger partial charge < -0.3 is 15.2 Å². The van der Waals surface area contributed by atoms with Crippen molar-refractivity contribution in [2.45, 2.75) is 31.7 Å². The second kappa shape index (κ2) is 6.40. The van der Waals surface area contributed by atoms with E-state index in [1.54, 1.807) is 0 Å². The van der Waals surface area contributed by atoms with E-state index in [4.69, 9.17) is 9.84 Å². The van der Waals surface area contributed by atoms with Crippen LogP contribution in [0.5, 0.6) is 0 Å². The molecule has 0 amide bonds. The van der Waals surface area contributed by atoms with E-state index in [2.05, 4.69) is 5.32 Å². The minimum Gasteiger partial charge on any atom is -0.396 e. The predicted molar refractivity (Wildman–Crippen MR) is 48.2 cm³/mol. The first-order chi connectivity index (χ1) is 5.93. The molecule has 0 bridgehead atoms. The molecule has 2 N–H and O–H groups in total. The second-order valence-electron chi connectivity index (χ2n) is 3.30. The molecular formula is C9H19NO2. The molecule has 72 valence electrons. The highest BCUT2D eigenvalue weighted by Crippen LogP contribution is 2.03. The van der Waals surface area contributed by atoms with Gasteiger partial charge in [0.1, 0.15) is 0 Å². The first kappa shape index (κ1) is 9.96. The lowest BCUT2D eigenvalue weighted by molar-refractivity contribution is 0.190. The maximum atomic E-state index is 8.54. The van der Waals surface area contributed by atoms with Crippen LogP contribution in [0.25, 0.3) is 0 Å². The zero-order valence-electron chi connectivity index (χ0n) is 7.59. The summed E-state index contributed by atoms with van der Waals surface area (Å²) in [5.74, 6) is 0. The third kappa shape index (κ3) is 4.04. The molecule has 1 heterocycles. The molecule has 1 aliphatic heterocycles. The van der Waals surface area contributed by atoms with Crippen LogP contribution < -0.4 is 5.32 Å². The zero-order chi connectivity index (χ0) is 8.65. The van der Waals surface area contributed by atoms with Crippen LogP contribution in [0.4, 0.5) is 0 Å². The van der Waals surface area contributed by atoms with Gasteiger partial charge in [-0.05, 0) is 32.2 Å². The predicted octanol–water partition coefficient (Wildman–Crippen LogP) is 0.527. The van der Waals surface area contributed by atoms with E-state index in [-0.39, 0.29) is 0 Å². The molecule has 0 radical (unpaired) electrons. The summed E-state index contributed by atoms with van der Waals surface area (Å²) in [5.41, 5.74) is 0. The average molecular weight is 173 g/mol. The van der Waals surface area contributed by atoms with E-state index in [1.807, 2.05) is 0 Å². The zero-order valence-corrected chi connectivity index (χ0v) is 7.59. The van der Waals surface area contributed by atoms with Gasteiger partial charge in [-0.2, -0.15) is 0 Å².